The molecule has 1 aromatic carbocycles. The van der Waals surface area contributed by atoms with Crippen LogP contribution in [0.1, 0.15) is 6.42 Å². The number of nitriles is 1. The number of para-hydroxylation sites is 2. The molecule has 0 saturated carbocycles. The largest absolute Gasteiger partial charge is 0.495 e. The molecule has 0 atom stereocenters. The highest BCUT2D eigenvalue weighted by Gasteiger charge is 2.05. The molecule has 0 spiro atoms. The first-order valence-electron chi connectivity index (χ1n) is 4.50. The molecule has 14 heavy (non-hydrogen) atoms. The summed E-state index contributed by atoms with van der Waals surface area (Å²) < 4.78 is 5.22. The van der Waals surface area contributed by atoms with Gasteiger partial charge in [-0.05, 0) is 12.1 Å². The van der Waals surface area contributed by atoms with Gasteiger partial charge in [0.2, 0.25) is 0 Å². The summed E-state index contributed by atoms with van der Waals surface area (Å²) in [5.74, 6) is 0.841. The SMILES string of the molecule is COc1ccccc1N(C)CCC#N. The van der Waals surface area contributed by atoms with Crippen molar-refractivity contribution in [3.8, 4) is 11.8 Å². The van der Waals surface area contributed by atoms with Gasteiger partial charge in [-0.1, -0.05) is 12.1 Å². The maximum absolute atomic E-state index is 8.48. The number of benzene rings is 1. The van der Waals surface area contributed by atoms with Crippen molar-refractivity contribution < 1.29 is 4.74 Å². The minimum atomic E-state index is 0.522. The monoisotopic (exact) mass is 190 g/mol. The molecule has 0 aromatic heterocycles. The Morgan fingerprint density at radius 1 is 1.43 bits per heavy atom. The molecule has 0 aliphatic heterocycles. The Labute approximate surface area is 84.5 Å². The number of nitrogens with zero attached hydrogens (tertiary/aromatic N) is 2. The molecule has 3 nitrogen and oxygen atoms in total. The summed E-state index contributed by atoms with van der Waals surface area (Å²) in [5, 5.41) is 8.48. The van der Waals surface area contributed by atoms with Crippen molar-refractivity contribution in [2.45, 2.75) is 6.42 Å². The van der Waals surface area contributed by atoms with Crippen molar-refractivity contribution in [1.29, 1.82) is 5.26 Å². The summed E-state index contributed by atoms with van der Waals surface area (Å²) in [5.41, 5.74) is 1.02. The number of methoxy groups -OCH3 is 1. The second kappa shape index (κ2) is 5.13. The summed E-state index contributed by atoms with van der Waals surface area (Å²) in [4.78, 5) is 2.02. The van der Waals surface area contributed by atoms with Gasteiger partial charge >= 0.3 is 0 Å². The minimum Gasteiger partial charge on any atom is -0.495 e. The molecule has 74 valence electrons. The first-order chi connectivity index (χ1) is 6.79. The highest BCUT2D eigenvalue weighted by molar-refractivity contribution is 5.57. The molecule has 1 rings (SSSR count). The number of hydrogen-bond acceptors (Lipinski definition) is 3. The van der Waals surface area contributed by atoms with Gasteiger partial charge in [-0.2, -0.15) is 5.26 Å². The third kappa shape index (κ3) is 2.40. The van der Waals surface area contributed by atoms with Crippen LogP contribution < -0.4 is 9.64 Å². The third-order valence-corrected chi connectivity index (χ3v) is 2.06. The van der Waals surface area contributed by atoms with Crippen molar-refractivity contribution >= 4 is 5.69 Å². The summed E-state index contributed by atoms with van der Waals surface area (Å²) in [7, 11) is 3.60. The molecule has 1 aromatic rings. The van der Waals surface area contributed by atoms with Crippen LogP contribution in [0, 0.1) is 11.3 Å². The highest BCUT2D eigenvalue weighted by atomic mass is 16.5. The zero-order chi connectivity index (χ0) is 10.4. The summed E-state index contributed by atoms with van der Waals surface area (Å²) >= 11 is 0. The van der Waals surface area contributed by atoms with Crippen molar-refractivity contribution in [3.05, 3.63) is 24.3 Å². The van der Waals surface area contributed by atoms with Gasteiger partial charge in [-0.15, -0.1) is 0 Å². The van der Waals surface area contributed by atoms with Crippen molar-refractivity contribution in [2.24, 2.45) is 0 Å². The summed E-state index contributed by atoms with van der Waals surface area (Å²) in [6.45, 7) is 0.719. The first-order valence-corrected chi connectivity index (χ1v) is 4.50. The molecule has 3 heteroatoms. The van der Waals surface area contributed by atoms with Crippen LogP contribution in [-0.2, 0) is 0 Å². The minimum absolute atomic E-state index is 0.522. The molecule has 0 bridgehead atoms. The second-order valence-corrected chi connectivity index (χ2v) is 3.00. The molecule has 0 N–H and O–H groups in total. The van der Waals surface area contributed by atoms with E-state index in [0.717, 1.165) is 18.0 Å². The van der Waals surface area contributed by atoms with E-state index in [4.69, 9.17) is 10.00 Å². The van der Waals surface area contributed by atoms with Crippen LogP contribution in [0.15, 0.2) is 24.3 Å². The van der Waals surface area contributed by atoms with E-state index in [1.165, 1.54) is 0 Å². The fourth-order valence-corrected chi connectivity index (χ4v) is 1.28. The fourth-order valence-electron chi connectivity index (χ4n) is 1.28. The second-order valence-electron chi connectivity index (χ2n) is 3.00. The molecule has 0 amide bonds. The maximum atomic E-state index is 8.48. The van der Waals surface area contributed by atoms with E-state index in [-0.39, 0.29) is 0 Å². The van der Waals surface area contributed by atoms with Gasteiger partial charge in [-0.3, -0.25) is 0 Å². The smallest absolute Gasteiger partial charge is 0.142 e. The topological polar surface area (TPSA) is 36.3 Å². The molecule has 0 aliphatic rings. The molecule has 0 radical (unpaired) electrons. The van der Waals surface area contributed by atoms with E-state index < -0.39 is 0 Å². The Bertz CT molecular complexity index is 330. The lowest BCUT2D eigenvalue weighted by Crippen LogP contribution is -2.18. The van der Waals surface area contributed by atoms with Gasteiger partial charge in [-0.25, -0.2) is 0 Å². The zero-order valence-corrected chi connectivity index (χ0v) is 8.53. The van der Waals surface area contributed by atoms with Gasteiger partial charge in [0, 0.05) is 13.6 Å². The van der Waals surface area contributed by atoms with Gasteiger partial charge in [0.05, 0.1) is 25.3 Å². The number of ether oxygens (including phenoxy) is 1. The Kier molecular flexibility index (Phi) is 3.81. The Morgan fingerprint density at radius 2 is 2.14 bits per heavy atom. The van der Waals surface area contributed by atoms with E-state index in [1.807, 2.05) is 36.2 Å². The van der Waals surface area contributed by atoms with E-state index in [2.05, 4.69) is 6.07 Å². The van der Waals surface area contributed by atoms with Crippen LogP contribution in [0.5, 0.6) is 5.75 Å². The van der Waals surface area contributed by atoms with Crippen LogP contribution in [0.2, 0.25) is 0 Å². The molecule has 0 heterocycles. The average molecular weight is 190 g/mol. The van der Waals surface area contributed by atoms with E-state index in [1.54, 1.807) is 7.11 Å². The molecular weight excluding hydrogens is 176 g/mol. The zero-order valence-electron chi connectivity index (χ0n) is 8.53. The Hall–Kier alpha value is -1.69. The summed E-state index contributed by atoms with van der Waals surface area (Å²) in [6, 6.07) is 9.91. The van der Waals surface area contributed by atoms with Crippen LogP contribution >= 0.6 is 0 Å². The van der Waals surface area contributed by atoms with E-state index >= 15 is 0 Å². The van der Waals surface area contributed by atoms with Gasteiger partial charge in [0.15, 0.2) is 0 Å². The van der Waals surface area contributed by atoms with Crippen LogP contribution in [0.3, 0.4) is 0 Å². The summed E-state index contributed by atoms with van der Waals surface area (Å²) in [6.07, 6.45) is 0.522. The number of hydrogen-bond donors (Lipinski definition) is 0. The number of rotatable bonds is 4. The van der Waals surface area contributed by atoms with Gasteiger partial charge in [0.25, 0.3) is 0 Å². The van der Waals surface area contributed by atoms with E-state index in [9.17, 15) is 0 Å². The molecular formula is C11H14N2O. The lowest BCUT2D eigenvalue weighted by Gasteiger charge is -2.20. The van der Waals surface area contributed by atoms with Crippen LogP contribution in [0.25, 0.3) is 0 Å². The van der Waals surface area contributed by atoms with Gasteiger partial charge in [0.1, 0.15) is 5.75 Å². The van der Waals surface area contributed by atoms with Crippen molar-refractivity contribution in [3.63, 3.8) is 0 Å². The van der Waals surface area contributed by atoms with Crippen molar-refractivity contribution in [1.82, 2.24) is 0 Å². The highest BCUT2D eigenvalue weighted by Crippen LogP contribution is 2.26. The molecule has 0 saturated heterocycles. The normalized spacial score (nSPS) is 9.21. The predicted molar refractivity (Wildman–Crippen MR) is 56.5 cm³/mol. The molecule has 0 fully saturated rings. The number of anilines is 1. The third-order valence-electron chi connectivity index (χ3n) is 2.06. The lowest BCUT2D eigenvalue weighted by molar-refractivity contribution is 0.415. The molecule has 0 aliphatic carbocycles. The van der Waals surface area contributed by atoms with Crippen LogP contribution in [0.4, 0.5) is 5.69 Å². The van der Waals surface area contributed by atoms with E-state index in [0.29, 0.717) is 6.42 Å². The van der Waals surface area contributed by atoms with Crippen LogP contribution in [-0.4, -0.2) is 20.7 Å². The standard InChI is InChI=1S/C11H14N2O/c1-13(9-5-8-12)10-6-3-4-7-11(10)14-2/h3-4,6-7H,5,9H2,1-2H3. The Morgan fingerprint density at radius 3 is 2.79 bits per heavy atom. The quantitative estimate of drug-likeness (QED) is 0.729. The predicted octanol–water partition coefficient (Wildman–Crippen LogP) is 2.05. The fraction of sp³-hybridized carbons (Fsp3) is 0.364. The average Bonchev–Trinajstić information content (AvgIpc) is 2.25. The lowest BCUT2D eigenvalue weighted by atomic mass is 10.2. The Balaban J connectivity index is 2.78. The van der Waals surface area contributed by atoms with Gasteiger partial charge < -0.3 is 9.64 Å². The first kappa shape index (κ1) is 10.4. The maximum Gasteiger partial charge on any atom is 0.142 e. The molecule has 0 unspecified atom stereocenters. The van der Waals surface area contributed by atoms with Crippen molar-refractivity contribution in [2.75, 3.05) is 25.6 Å².